The van der Waals surface area contributed by atoms with Gasteiger partial charge in [0.15, 0.2) is 5.75 Å². The Morgan fingerprint density at radius 1 is 1.59 bits per heavy atom. The highest BCUT2D eigenvalue weighted by atomic mass is 16.6. The Hall–Kier alpha value is -1.95. The van der Waals surface area contributed by atoms with E-state index >= 15 is 0 Å². The highest BCUT2D eigenvalue weighted by Gasteiger charge is 2.16. The van der Waals surface area contributed by atoms with Gasteiger partial charge < -0.3 is 9.84 Å². The molecule has 1 aromatic carbocycles. The Balaban J connectivity index is 2.90. The summed E-state index contributed by atoms with van der Waals surface area (Å²) in [4.78, 5) is 20.7. The first kappa shape index (κ1) is 13.1. The van der Waals surface area contributed by atoms with E-state index < -0.39 is 4.92 Å². The van der Waals surface area contributed by atoms with Gasteiger partial charge in [0.05, 0.1) is 11.5 Å². The third-order valence-electron chi connectivity index (χ3n) is 2.15. The minimum atomic E-state index is -0.605. The average molecular weight is 239 g/mol. The maximum absolute atomic E-state index is 10.8. The zero-order valence-corrected chi connectivity index (χ0v) is 9.33. The number of carbonyl (C=O) groups is 1. The molecule has 0 spiro atoms. The highest BCUT2D eigenvalue weighted by molar-refractivity contribution is 5.77. The Kier molecular flexibility index (Phi) is 4.59. The van der Waals surface area contributed by atoms with E-state index in [2.05, 4.69) is 0 Å². The number of rotatable bonds is 6. The molecule has 0 aliphatic heterocycles. The molecule has 0 aromatic heterocycles. The normalized spacial score (nSPS) is 11.9. The van der Waals surface area contributed by atoms with Gasteiger partial charge in [-0.05, 0) is 12.1 Å². The molecular weight excluding hydrogens is 226 g/mol. The first-order valence-electron chi connectivity index (χ1n) is 5.05. The third kappa shape index (κ3) is 3.53. The Morgan fingerprint density at radius 3 is 2.82 bits per heavy atom. The Bertz CT molecular complexity index is 418. The van der Waals surface area contributed by atoms with Crippen molar-refractivity contribution in [2.45, 2.75) is 6.92 Å². The summed E-state index contributed by atoms with van der Waals surface area (Å²) < 4.78 is 5.23. The molecule has 1 unspecified atom stereocenters. The molecule has 0 aliphatic rings. The summed E-state index contributed by atoms with van der Waals surface area (Å²) in [6.45, 7) is 1.88. The van der Waals surface area contributed by atoms with Gasteiger partial charge in [-0.15, -0.1) is 0 Å². The van der Waals surface area contributed by atoms with E-state index in [0.717, 1.165) is 6.07 Å². The number of aliphatic hydroxyl groups is 1. The van der Waals surface area contributed by atoms with Crippen molar-refractivity contribution in [3.8, 4) is 5.75 Å². The van der Waals surface area contributed by atoms with Crippen molar-refractivity contribution in [2.24, 2.45) is 5.92 Å². The van der Waals surface area contributed by atoms with E-state index in [1.807, 2.05) is 0 Å². The fraction of sp³-hybridized carbons (Fsp3) is 0.364. The van der Waals surface area contributed by atoms with Gasteiger partial charge in [-0.3, -0.25) is 14.9 Å². The molecule has 0 bridgehead atoms. The number of nitro benzene ring substituents is 1. The Morgan fingerprint density at radius 2 is 2.29 bits per heavy atom. The summed E-state index contributed by atoms with van der Waals surface area (Å²) in [6.07, 6.45) is 0.535. The molecule has 92 valence electrons. The van der Waals surface area contributed by atoms with E-state index in [9.17, 15) is 14.9 Å². The minimum absolute atomic E-state index is 0.0553. The van der Waals surface area contributed by atoms with Crippen LogP contribution in [0.5, 0.6) is 5.75 Å². The molecule has 0 fully saturated rings. The van der Waals surface area contributed by atoms with Crippen LogP contribution in [0.3, 0.4) is 0 Å². The molecular formula is C11H13NO5. The maximum Gasteiger partial charge on any atom is 0.311 e. The molecule has 1 rings (SSSR count). The number of hydrogen-bond acceptors (Lipinski definition) is 5. The van der Waals surface area contributed by atoms with Crippen LogP contribution in [0.2, 0.25) is 0 Å². The second kappa shape index (κ2) is 5.95. The van der Waals surface area contributed by atoms with Crippen molar-refractivity contribution in [3.63, 3.8) is 0 Å². The second-order valence-electron chi connectivity index (χ2n) is 3.70. The predicted octanol–water partition coefficient (Wildman–Crippen LogP) is 1.41. The van der Waals surface area contributed by atoms with Crippen LogP contribution in [-0.2, 0) is 0 Å². The van der Waals surface area contributed by atoms with Crippen LogP contribution in [0, 0.1) is 16.0 Å². The van der Waals surface area contributed by atoms with Gasteiger partial charge >= 0.3 is 5.69 Å². The van der Waals surface area contributed by atoms with Crippen LogP contribution in [0.25, 0.3) is 0 Å². The van der Waals surface area contributed by atoms with Crippen LogP contribution in [0.4, 0.5) is 5.69 Å². The first-order chi connectivity index (χ1) is 8.08. The second-order valence-corrected chi connectivity index (χ2v) is 3.70. The summed E-state index contributed by atoms with van der Waals surface area (Å²) in [5, 5.41) is 19.6. The van der Waals surface area contributed by atoms with Gasteiger partial charge in [0, 0.05) is 24.2 Å². The smallest absolute Gasteiger partial charge is 0.311 e. The summed E-state index contributed by atoms with van der Waals surface area (Å²) >= 11 is 0. The number of ether oxygens (including phenoxy) is 1. The van der Waals surface area contributed by atoms with Gasteiger partial charge in [0.1, 0.15) is 6.29 Å². The van der Waals surface area contributed by atoms with Gasteiger partial charge in [0.2, 0.25) is 0 Å². The lowest BCUT2D eigenvalue weighted by molar-refractivity contribution is -0.385. The molecule has 6 heteroatoms. The van der Waals surface area contributed by atoms with Crippen molar-refractivity contribution in [1.29, 1.82) is 0 Å². The van der Waals surface area contributed by atoms with Gasteiger partial charge in [0.25, 0.3) is 0 Å². The molecule has 0 amide bonds. The highest BCUT2D eigenvalue weighted by Crippen LogP contribution is 2.27. The number of aliphatic hydroxyl groups excluding tert-OH is 1. The number of nitrogens with zero attached hydrogens (tertiary/aromatic N) is 1. The van der Waals surface area contributed by atoms with E-state index in [1.165, 1.54) is 12.1 Å². The van der Waals surface area contributed by atoms with E-state index in [1.54, 1.807) is 6.92 Å². The lowest BCUT2D eigenvalue weighted by atomic mass is 10.2. The van der Waals surface area contributed by atoms with Crippen LogP contribution in [-0.4, -0.2) is 29.5 Å². The fourth-order valence-electron chi connectivity index (χ4n) is 1.16. The number of hydrogen-bond donors (Lipinski definition) is 1. The molecule has 0 aliphatic carbocycles. The van der Waals surface area contributed by atoms with Crippen molar-refractivity contribution < 1.29 is 19.6 Å². The lowest BCUT2D eigenvalue weighted by Crippen LogP contribution is -2.12. The minimum Gasteiger partial charge on any atom is -0.486 e. The molecule has 1 atom stereocenters. The Labute approximate surface area is 98.0 Å². The first-order valence-corrected chi connectivity index (χ1v) is 5.05. The zero-order chi connectivity index (χ0) is 12.8. The van der Waals surface area contributed by atoms with Crippen molar-refractivity contribution >= 4 is 12.0 Å². The quantitative estimate of drug-likeness (QED) is 0.460. The molecule has 1 N–H and O–H groups in total. The van der Waals surface area contributed by atoms with Gasteiger partial charge in [-0.25, -0.2) is 0 Å². The fourth-order valence-corrected chi connectivity index (χ4v) is 1.16. The van der Waals surface area contributed by atoms with Crippen LogP contribution in [0.15, 0.2) is 18.2 Å². The standard InChI is InChI=1S/C11H13NO5/c1-8(5-13)7-17-11-3-2-9(6-14)4-10(11)12(15)16/h2-4,6,8,13H,5,7H2,1H3. The molecule has 0 saturated carbocycles. The molecule has 6 nitrogen and oxygen atoms in total. The van der Waals surface area contributed by atoms with Gasteiger partial charge in [-0.1, -0.05) is 6.92 Å². The molecule has 0 heterocycles. The zero-order valence-electron chi connectivity index (χ0n) is 9.33. The van der Waals surface area contributed by atoms with E-state index in [-0.39, 0.29) is 36.1 Å². The number of nitro groups is 1. The SMILES string of the molecule is CC(CO)COc1ccc(C=O)cc1[N+](=O)[O-]. The lowest BCUT2D eigenvalue weighted by Gasteiger charge is -2.10. The average Bonchev–Trinajstić information content (AvgIpc) is 2.35. The summed E-state index contributed by atoms with van der Waals surface area (Å²) in [6, 6.07) is 3.98. The van der Waals surface area contributed by atoms with Crippen LogP contribution >= 0.6 is 0 Å². The molecule has 17 heavy (non-hydrogen) atoms. The van der Waals surface area contributed by atoms with Crippen LogP contribution < -0.4 is 4.74 Å². The van der Waals surface area contributed by atoms with E-state index in [4.69, 9.17) is 9.84 Å². The van der Waals surface area contributed by atoms with Crippen LogP contribution in [0.1, 0.15) is 17.3 Å². The third-order valence-corrected chi connectivity index (χ3v) is 2.15. The van der Waals surface area contributed by atoms with Gasteiger partial charge in [-0.2, -0.15) is 0 Å². The molecule has 0 saturated heterocycles. The molecule has 0 radical (unpaired) electrons. The summed E-state index contributed by atoms with van der Waals surface area (Å²) in [5.41, 5.74) is -0.0287. The molecule has 1 aromatic rings. The van der Waals surface area contributed by atoms with E-state index in [0.29, 0.717) is 6.29 Å². The maximum atomic E-state index is 10.8. The monoisotopic (exact) mass is 239 g/mol. The van der Waals surface area contributed by atoms with Crippen molar-refractivity contribution in [3.05, 3.63) is 33.9 Å². The number of carbonyl (C=O) groups excluding carboxylic acids is 1. The van der Waals surface area contributed by atoms with Crippen molar-refractivity contribution in [1.82, 2.24) is 0 Å². The predicted molar refractivity (Wildman–Crippen MR) is 60.2 cm³/mol. The summed E-state index contributed by atoms with van der Waals surface area (Å²) in [7, 11) is 0. The number of benzene rings is 1. The number of aldehydes is 1. The summed E-state index contributed by atoms with van der Waals surface area (Å²) in [5.74, 6) is -0.0127. The largest absolute Gasteiger partial charge is 0.486 e. The van der Waals surface area contributed by atoms with Crippen molar-refractivity contribution in [2.75, 3.05) is 13.2 Å². The topological polar surface area (TPSA) is 89.7 Å².